The van der Waals surface area contributed by atoms with E-state index in [1.807, 2.05) is 6.92 Å². The molecule has 1 amide bonds. The van der Waals surface area contributed by atoms with Crippen LogP contribution in [0.1, 0.15) is 43.7 Å². The smallest absolute Gasteiger partial charge is 0.292 e. The predicted octanol–water partition coefficient (Wildman–Crippen LogP) is 4.89. The van der Waals surface area contributed by atoms with Crippen molar-refractivity contribution in [3.05, 3.63) is 61.4 Å². The van der Waals surface area contributed by atoms with Gasteiger partial charge in [-0.3, -0.25) is 25.0 Å². The topological polar surface area (TPSA) is 168 Å². The summed E-state index contributed by atoms with van der Waals surface area (Å²) in [6.45, 7) is 3.47. The molecule has 0 saturated heterocycles. The molecule has 11 nitrogen and oxygen atoms in total. The van der Waals surface area contributed by atoms with E-state index < -0.39 is 9.85 Å². The minimum Gasteiger partial charge on any atom is -0.693 e. The number of carbonyl (C=O) groups excluding carboxylic acids is 1. The van der Waals surface area contributed by atoms with Gasteiger partial charge in [-0.05, 0) is 49.8 Å². The van der Waals surface area contributed by atoms with Gasteiger partial charge in [0.05, 0.1) is 9.85 Å². The van der Waals surface area contributed by atoms with E-state index in [4.69, 9.17) is 11.5 Å². The van der Waals surface area contributed by atoms with E-state index >= 15 is 0 Å². The molecule has 0 aliphatic carbocycles. The van der Waals surface area contributed by atoms with E-state index in [2.05, 4.69) is 5.32 Å². The van der Waals surface area contributed by atoms with Crippen LogP contribution in [-0.4, -0.2) is 28.8 Å². The first-order valence-corrected chi connectivity index (χ1v) is 10.9. The first kappa shape index (κ1) is 27.8. The second-order valence-electron chi connectivity index (χ2n) is 7.93. The number of nitro benzene ring substituents is 2. The molecule has 0 bridgehead atoms. The number of nitro groups is 2. The maximum absolute atomic E-state index is 12.0. The second-order valence-corrected chi connectivity index (χ2v) is 7.93. The number of anilines is 3. The number of amides is 1. The number of benzene rings is 2. The number of nitrogens with two attached hydrogens (primary N) is 1. The van der Waals surface area contributed by atoms with Crippen LogP contribution in [0.3, 0.4) is 0 Å². The Morgan fingerprint density at radius 2 is 1.74 bits per heavy atom. The van der Waals surface area contributed by atoms with Crippen molar-refractivity contribution in [2.24, 2.45) is 0 Å². The molecule has 0 saturated carbocycles. The Morgan fingerprint density at radius 3 is 2.38 bits per heavy atom. The van der Waals surface area contributed by atoms with Crippen LogP contribution >= 0.6 is 0 Å². The van der Waals surface area contributed by atoms with Gasteiger partial charge in [0.2, 0.25) is 5.91 Å². The van der Waals surface area contributed by atoms with E-state index in [1.165, 1.54) is 12.1 Å². The summed E-state index contributed by atoms with van der Waals surface area (Å²) < 4.78 is 0. The van der Waals surface area contributed by atoms with Crippen molar-refractivity contribution in [2.45, 2.75) is 45.4 Å². The van der Waals surface area contributed by atoms with Crippen molar-refractivity contribution < 1.29 is 58.7 Å². The number of nitrogens with zero attached hydrogens (tertiary/aromatic N) is 3. The largest absolute Gasteiger partial charge is 0.693 e. The van der Waals surface area contributed by atoms with Gasteiger partial charge in [-0.15, -0.1) is 0 Å². The van der Waals surface area contributed by atoms with Crippen LogP contribution in [0.25, 0.3) is 5.73 Å². The van der Waals surface area contributed by atoms with Gasteiger partial charge < -0.3 is 21.7 Å². The maximum Gasteiger partial charge on any atom is 0.292 e. The number of rotatable bonds is 4. The quantitative estimate of drug-likeness (QED) is 0.263. The van der Waals surface area contributed by atoms with Crippen molar-refractivity contribution in [1.82, 2.24) is 0 Å². The molecule has 2 heterocycles. The molecule has 2 aromatic carbocycles. The zero-order valence-electron chi connectivity index (χ0n) is 19.0. The standard InChI is InChI=1S/C13H16N3O3.C9H11N3O2.Ac/c1-2-4-12(17)15-8-3-5-9-10(15)6-7-11(13(9)14)16(18)19;10-9-6-2-1-5-11-7(6)3-4-8(9)12(13)14;/h6-7,14H,2-5,8H2,1H3;3-4,11H,1-2,5,10H2;/q-1;;. The van der Waals surface area contributed by atoms with Crippen molar-refractivity contribution >= 4 is 40.0 Å². The van der Waals surface area contributed by atoms with Crippen LogP contribution < -0.4 is 16.0 Å². The summed E-state index contributed by atoms with van der Waals surface area (Å²) in [6.07, 6.45) is 4.38. The summed E-state index contributed by atoms with van der Waals surface area (Å²) in [4.78, 5) is 34.1. The molecule has 2 aliphatic rings. The predicted molar refractivity (Wildman–Crippen MR) is 127 cm³/mol. The van der Waals surface area contributed by atoms with Crippen molar-refractivity contribution in [1.29, 1.82) is 0 Å². The third-order valence-electron chi connectivity index (χ3n) is 5.78. The van der Waals surface area contributed by atoms with E-state index in [1.54, 1.807) is 17.0 Å². The van der Waals surface area contributed by atoms with Gasteiger partial charge in [0, 0.05) is 92.6 Å². The molecule has 0 aromatic heterocycles. The minimum atomic E-state index is -0.546. The molecule has 4 rings (SSSR count). The van der Waals surface area contributed by atoms with Crippen LogP contribution in [0.4, 0.5) is 34.1 Å². The minimum absolute atomic E-state index is 0. The van der Waals surface area contributed by atoms with Crippen LogP contribution in [0.2, 0.25) is 0 Å². The summed E-state index contributed by atoms with van der Waals surface area (Å²) >= 11 is 0. The molecule has 2 aromatic rings. The molecular weight excluding hydrogens is 655 g/mol. The average Bonchev–Trinajstić information content (AvgIpc) is 2.79. The zero-order chi connectivity index (χ0) is 24.1. The van der Waals surface area contributed by atoms with Gasteiger partial charge in [0.1, 0.15) is 5.69 Å². The summed E-state index contributed by atoms with van der Waals surface area (Å²) in [7, 11) is 0. The second kappa shape index (κ2) is 12.3. The Balaban J connectivity index is 0.000000243. The summed E-state index contributed by atoms with van der Waals surface area (Å²) in [5.74, 6) is 0.0247. The fourth-order valence-corrected chi connectivity index (χ4v) is 4.16. The van der Waals surface area contributed by atoms with Gasteiger partial charge in [-0.2, -0.15) is 0 Å². The molecule has 0 fully saturated rings. The monoisotopic (exact) mass is 682 g/mol. The number of nitrogens with one attached hydrogen (secondary N) is 2. The maximum atomic E-state index is 12.0. The molecule has 34 heavy (non-hydrogen) atoms. The van der Waals surface area contributed by atoms with Gasteiger partial charge >= 0.3 is 0 Å². The Labute approximate surface area is 233 Å². The number of fused-ring (bicyclic) bond motifs is 2. The number of nitrogen functional groups attached to an aromatic ring is 1. The Bertz CT molecular complexity index is 1090. The summed E-state index contributed by atoms with van der Waals surface area (Å²) in [6, 6.07) is 6.09. The zero-order valence-corrected chi connectivity index (χ0v) is 23.7. The first-order chi connectivity index (χ1) is 15.8. The first-order valence-electron chi connectivity index (χ1n) is 10.9. The van der Waals surface area contributed by atoms with Crippen LogP contribution in [-0.2, 0) is 17.6 Å². The van der Waals surface area contributed by atoms with Gasteiger partial charge in [0.15, 0.2) is 0 Å². The number of carbonyl (C=O) groups is 1. The Morgan fingerprint density at radius 1 is 1.09 bits per heavy atom. The molecule has 0 atom stereocenters. The third kappa shape index (κ3) is 5.96. The van der Waals surface area contributed by atoms with E-state index in [9.17, 15) is 25.0 Å². The molecule has 1 radical (unpaired) electrons. The van der Waals surface area contributed by atoms with E-state index in [-0.39, 0.29) is 67.0 Å². The number of hydrogen-bond acceptors (Lipinski definition) is 7. The summed E-state index contributed by atoms with van der Waals surface area (Å²) in [5.41, 5.74) is 16.8. The van der Waals surface area contributed by atoms with Crippen LogP contribution in [0, 0.1) is 64.3 Å². The third-order valence-corrected chi connectivity index (χ3v) is 5.78. The Hall–Kier alpha value is -2.45. The fourth-order valence-electron chi connectivity index (χ4n) is 4.16. The van der Waals surface area contributed by atoms with Gasteiger partial charge in [-0.1, -0.05) is 12.6 Å². The van der Waals surface area contributed by atoms with E-state index in [0.29, 0.717) is 36.3 Å². The molecule has 179 valence electrons. The fraction of sp³-hybridized carbons (Fsp3) is 0.409. The van der Waals surface area contributed by atoms with Crippen molar-refractivity contribution in [3.8, 4) is 0 Å². The molecule has 0 unspecified atom stereocenters. The molecule has 0 spiro atoms. The molecule has 2 aliphatic heterocycles. The summed E-state index contributed by atoms with van der Waals surface area (Å²) in [5, 5.41) is 24.6. The molecular formula is C22H27AcN6O5-. The van der Waals surface area contributed by atoms with Crippen molar-refractivity contribution in [2.75, 3.05) is 29.0 Å². The van der Waals surface area contributed by atoms with Gasteiger partial charge in [-0.25, -0.2) is 0 Å². The van der Waals surface area contributed by atoms with E-state index in [0.717, 1.165) is 43.5 Å². The van der Waals surface area contributed by atoms with Gasteiger partial charge in [0.25, 0.3) is 11.4 Å². The number of hydrogen-bond donors (Lipinski definition) is 2. The Kier molecular flexibility index (Phi) is 10.1. The SMILES string of the molecule is CCCC(=O)N1CCCc2c1ccc([N+](=O)[O-])c2[NH-].Nc1c([N+](=O)[O-])ccc2c1CCCN2.[Ac]. The van der Waals surface area contributed by atoms with Crippen molar-refractivity contribution in [3.63, 3.8) is 0 Å². The normalized spacial score (nSPS) is 13.7. The average molecular weight is 682 g/mol. The van der Waals surface area contributed by atoms with Crippen LogP contribution in [0.15, 0.2) is 24.3 Å². The van der Waals surface area contributed by atoms with Crippen LogP contribution in [0.5, 0.6) is 0 Å². The molecule has 12 heteroatoms. The molecule has 4 N–H and O–H groups in total.